The zero-order chi connectivity index (χ0) is 15.1. The summed E-state index contributed by atoms with van der Waals surface area (Å²) in [5.41, 5.74) is 0.536. The van der Waals surface area contributed by atoms with Crippen molar-refractivity contribution in [1.82, 2.24) is 5.32 Å². The minimum atomic E-state index is -0.783. The first-order chi connectivity index (χ1) is 9.40. The van der Waals surface area contributed by atoms with Crippen LogP contribution in [-0.2, 0) is 4.79 Å². The van der Waals surface area contributed by atoms with Gasteiger partial charge in [-0.1, -0.05) is 18.5 Å². The SMILES string of the molecule is CC(CCNC(=O)c1ccc(I)c(Cl)c1)CCC(=O)O. The molecule has 1 aromatic rings. The van der Waals surface area contributed by atoms with Gasteiger partial charge in [0.2, 0.25) is 0 Å². The van der Waals surface area contributed by atoms with Crippen LogP contribution in [0.1, 0.15) is 36.5 Å². The van der Waals surface area contributed by atoms with Gasteiger partial charge in [-0.25, -0.2) is 0 Å². The fourth-order valence-electron chi connectivity index (χ4n) is 1.69. The van der Waals surface area contributed by atoms with Crippen molar-refractivity contribution in [3.05, 3.63) is 32.4 Å². The summed E-state index contributed by atoms with van der Waals surface area (Å²) < 4.78 is 0.906. The average Bonchev–Trinajstić information content (AvgIpc) is 2.39. The topological polar surface area (TPSA) is 66.4 Å². The number of nitrogens with one attached hydrogen (secondary N) is 1. The minimum absolute atomic E-state index is 0.159. The third-order valence-corrected chi connectivity index (χ3v) is 4.53. The summed E-state index contributed by atoms with van der Waals surface area (Å²) in [6.45, 7) is 2.51. The predicted octanol–water partition coefficient (Wildman–Crippen LogP) is 3.57. The van der Waals surface area contributed by atoms with Gasteiger partial charge >= 0.3 is 5.97 Å². The number of carboxylic acid groups (broad SMARTS) is 1. The molecule has 110 valence electrons. The van der Waals surface area contributed by atoms with E-state index in [0.717, 1.165) is 9.99 Å². The molecule has 0 radical (unpaired) electrons. The van der Waals surface area contributed by atoms with Crippen LogP contribution in [0.15, 0.2) is 18.2 Å². The van der Waals surface area contributed by atoms with E-state index in [4.69, 9.17) is 16.7 Å². The number of rotatable bonds is 7. The van der Waals surface area contributed by atoms with E-state index in [1.54, 1.807) is 18.2 Å². The monoisotopic (exact) mass is 409 g/mol. The summed E-state index contributed by atoms with van der Waals surface area (Å²) in [7, 11) is 0. The summed E-state index contributed by atoms with van der Waals surface area (Å²) in [5.74, 6) is -0.671. The van der Waals surface area contributed by atoms with Gasteiger partial charge in [0.25, 0.3) is 5.91 Å². The van der Waals surface area contributed by atoms with E-state index >= 15 is 0 Å². The Morgan fingerprint density at radius 3 is 2.70 bits per heavy atom. The molecule has 0 spiro atoms. The van der Waals surface area contributed by atoms with Gasteiger partial charge in [0.05, 0.1) is 5.02 Å². The highest BCUT2D eigenvalue weighted by molar-refractivity contribution is 14.1. The average molecular weight is 410 g/mol. The number of benzene rings is 1. The molecule has 6 heteroatoms. The van der Waals surface area contributed by atoms with Crippen LogP contribution < -0.4 is 5.32 Å². The number of amides is 1. The zero-order valence-electron chi connectivity index (χ0n) is 11.2. The van der Waals surface area contributed by atoms with Crippen LogP contribution in [0, 0.1) is 9.49 Å². The Bertz CT molecular complexity index is 493. The molecule has 1 rings (SSSR count). The van der Waals surface area contributed by atoms with Crippen molar-refractivity contribution in [3.63, 3.8) is 0 Å². The first-order valence-corrected chi connectivity index (χ1v) is 7.81. The molecular weight excluding hydrogens is 393 g/mol. The summed E-state index contributed by atoms with van der Waals surface area (Å²) in [5, 5.41) is 12.0. The van der Waals surface area contributed by atoms with Gasteiger partial charge in [-0.3, -0.25) is 9.59 Å². The van der Waals surface area contributed by atoms with Crippen LogP contribution in [0.3, 0.4) is 0 Å². The summed E-state index contributed by atoms with van der Waals surface area (Å²) in [6.07, 6.45) is 1.56. The molecule has 0 bridgehead atoms. The van der Waals surface area contributed by atoms with Crippen molar-refractivity contribution in [1.29, 1.82) is 0 Å². The molecule has 0 aromatic heterocycles. The summed E-state index contributed by atoms with van der Waals surface area (Å²) in [6, 6.07) is 5.18. The van der Waals surface area contributed by atoms with E-state index in [1.165, 1.54) is 0 Å². The van der Waals surface area contributed by atoms with Gasteiger partial charge in [-0.15, -0.1) is 0 Å². The van der Waals surface area contributed by atoms with Gasteiger partial charge in [0.15, 0.2) is 0 Å². The molecule has 4 nitrogen and oxygen atoms in total. The lowest BCUT2D eigenvalue weighted by molar-refractivity contribution is -0.137. The molecule has 0 saturated heterocycles. The Balaban J connectivity index is 2.36. The van der Waals surface area contributed by atoms with Crippen LogP contribution in [0.4, 0.5) is 0 Å². The minimum Gasteiger partial charge on any atom is -0.481 e. The van der Waals surface area contributed by atoms with Gasteiger partial charge in [0.1, 0.15) is 0 Å². The van der Waals surface area contributed by atoms with Crippen LogP contribution in [-0.4, -0.2) is 23.5 Å². The molecule has 1 unspecified atom stereocenters. The van der Waals surface area contributed by atoms with Crippen LogP contribution >= 0.6 is 34.2 Å². The smallest absolute Gasteiger partial charge is 0.303 e. The molecule has 0 aliphatic heterocycles. The molecule has 0 saturated carbocycles. The lowest BCUT2D eigenvalue weighted by Crippen LogP contribution is -2.25. The number of hydrogen-bond donors (Lipinski definition) is 2. The second kappa shape index (κ2) is 8.46. The normalized spacial score (nSPS) is 11.9. The Morgan fingerprint density at radius 2 is 2.10 bits per heavy atom. The van der Waals surface area contributed by atoms with Crippen molar-refractivity contribution >= 4 is 46.1 Å². The molecule has 1 amide bonds. The lowest BCUT2D eigenvalue weighted by atomic mass is 10.0. The quantitative estimate of drug-likeness (QED) is 0.677. The number of carbonyl (C=O) groups is 2. The Kier molecular flexibility index (Phi) is 7.29. The van der Waals surface area contributed by atoms with E-state index in [2.05, 4.69) is 27.9 Å². The third-order valence-electron chi connectivity index (χ3n) is 2.96. The van der Waals surface area contributed by atoms with E-state index in [1.807, 2.05) is 6.92 Å². The fourth-order valence-corrected chi connectivity index (χ4v) is 2.20. The fraction of sp³-hybridized carbons (Fsp3) is 0.429. The van der Waals surface area contributed by atoms with Gasteiger partial charge in [-0.05, 0) is 59.5 Å². The molecule has 0 heterocycles. The zero-order valence-corrected chi connectivity index (χ0v) is 14.1. The molecule has 2 N–H and O–H groups in total. The second-order valence-electron chi connectivity index (χ2n) is 4.71. The maximum Gasteiger partial charge on any atom is 0.303 e. The van der Waals surface area contributed by atoms with E-state index < -0.39 is 5.97 Å². The first kappa shape index (κ1) is 17.2. The van der Waals surface area contributed by atoms with Crippen molar-refractivity contribution in [2.24, 2.45) is 5.92 Å². The Hall–Kier alpha value is -0.820. The molecule has 0 aliphatic carbocycles. The first-order valence-electron chi connectivity index (χ1n) is 6.35. The van der Waals surface area contributed by atoms with Crippen molar-refractivity contribution < 1.29 is 14.7 Å². The van der Waals surface area contributed by atoms with Crippen LogP contribution in [0.5, 0.6) is 0 Å². The van der Waals surface area contributed by atoms with Crippen molar-refractivity contribution in [2.45, 2.75) is 26.2 Å². The van der Waals surface area contributed by atoms with Crippen LogP contribution in [0.2, 0.25) is 5.02 Å². The highest BCUT2D eigenvalue weighted by Gasteiger charge is 2.09. The highest BCUT2D eigenvalue weighted by atomic mass is 127. The number of carboxylic acids is 1. The van der Waals surface area contributed by atoms with Crippen LogP contribution in [0.25, 0.3) is 0 Å². The molecular formula is C14H17ClINO3. The van der Waals surface area contributed by atoms with E-state index in [9.17, 15) is 9.59 Å². The Morgan fingerprint density at radius 1 is 1.40 bits per heavy atom. The lowest BCUT2D eigenvalue weighted by Gasteiger charge is -2.11. The maximum atomic E-state index is 11.9. The predicted molar refractivity (Wildman–Crippen MR) is 87.2 cm³/mol. The summed E-state index contributed by atoms with van der Waals surface area (Å²) in [4.78, 5) is 22.3. The molecule has 1 atom stereocenters. The van der Waals surface area contributed by atoms with E-state index in [-0.39, 0.29) is 18.2 Å². The number of carbonyl (C=O) groups excluding carboxylic acids is 1. The Labute approximate surface area is 137 Å². The largest absolute Gasteiger partial charge is 0.481 e. The van der Waals surface area contributed by atoms with E-state index in [0.29, 0.717) is 23.6 Å². The summed E-state index contributed by atoms with van der Waals surface area (Å²) >= 11 is 8.07. The number of halogens is 2. The molecule has 20 heavy (non-hydrogen) atoms. The number of hydrogen-bond acceptors (Lipinski definition) is 2. The number of aliphatic carboxylic acids is 1. The van der Waals surface area contributed by atoms with Gasteiger partial charge in [0, 0.05) is 22.1 Å². The third kappa shape index (κ3) is 6.09. The van der Waals surface area contributed by atoms with Crippen molar-refractivity contribution in [2.75, 3.05) is 6.54 Å². The second-order valence-corrected chi connectivity index (χ2v) is 6.28. The molecule has 0 aliphatic rings. The maximum absolute atomic E-state index is 11.9. The van der Waals surface area contributed by atoms with Crippen molar-refractivity contribution in [3.8, 4) is 0 Å². The van der Waals surface area contributed by atoms with Gasteiger partial charge < -0.3 is 10.4 Å². The molecule has 0 fully saturated rings. The highest BCUT2D eigenvalue weighted by Crippen LogP contribution is 2.19. The van der Waals surface area contributed by atoms with Gasteiger partial charge in [-0.2, -0.15) is 0 Å². The molecule has 1 aromatic carbocycles. The standard InChI is InChI=1S/C14H17ClINO3/c1-9(2-5-13(18)19)6-7-17-14(20)10-3-4-12(16)11(15)8-10/h3-4,8-9H,2,5-7H2,1H3,(H,17,20)(H,18,19).